The van der Waals surface area contributed by atoms with Crippen LogP contribution in [0.1, 0.15) is 85.7 Å². The van der Waals surface area contributed by atoms with Crippen molar-refractivity contribution in [3.05, 3.63) is 41.3 Å². The monoisotopic (exact) mass is 560 g/mol. The smallest absolute Gasteiger partial charge is 0.257 e. The number of carbonyl (C=O) groups excluding carboxylic acids is 1. The minimum absolute atomic E-state index is 0.0397. The number of aromatic nitrogens is 3. The fourth-order valence-electron chi connectivity index (χ4n) is 5.83. The lowest BCUT2D eigenvalue weighted by atomic mass is 9.85. The standard InChI is InChI=1S/C27H37FN6O4S/c1-17-20(16-38-33-17)27(35)32-24(18-8-6-4-3-5-7-9-18)26-30-22-11-10-21(23(28)25(22)31-26)29-19-12-14-34(15-13-19)39(2,36)37/h10-11,16,18-19,24,29H,3-9,12-15H2,1-2H3,(H,30,31)(H,32,35). The maximum absolute atomic E-state index is 15.7. The molecule has 3 aromatic rings. The number of imidazole rings is 1. The van der Waals surface area contributed by atoms with Crippen molar-refractivity contribution in [3.63, 3.8) is 0 Å². The molecule has 0 bridgehead atoms. The highest BCUT2D eigenvalue weighted by Gasteiger charge is 2.30. The first kappa shape index (κ1) is 27.6. The number of anilines is 1. The Kier molecular flexibility index (Phi) is 8.22. The molecule has 1 aromatic carbocycles. The molecule has 1 amide bonds. The van der Waals surface area contributed by atoms with Gasteiger partial charge in [-0.15, -0.1) is 0 Å². The van der Waals surface area contributed by atoms with Crippen LogP contribution in [0.4, 0.5) is 10.1 Å². The number of H-pyrrole nitrogens is 1. The number of halogens is 1. The highest BCUT2D eigenvalue weighted by Crippen LogP contribution is 2.34. The molecule has 5 rings (SSSR count). The number of piperidine rings is 1. The van der Waals surface area contributed by atoms with E-state index in [0.29, 0.717) is 54.2 Å². The molecule has 1 unspecified atom stereocenters. The number of nitrogens with zero attached hydrogens (tertiary/aromatic N) is 3. The zero-order valence-electron chi connectivity index (χ0n) is 22.5. The third-order valence-electron chi connectivity index (χ3n) is 8.09. The number of hydrogen-bond donors (Lipinski definition) is 3. The van der Waals surface area contributed by atoms with E-state index in [1.54, 1.807) is 19.1 Å². The van der Waals surface area contributed by atoms with Gasteiger partial charge in [-0.05, 0) is 50.7 Å². The van der Waals surface area contributed by atoms with Crippen LogP contribution >= 0.6 is 0 Å². The number of aromatic amines is 1. The number of aryl methyl sites for hydroxylation is 1. The highest BCUT2D eigenvalue weighted by molar-refractivity contribution is 7.88. The Morgan fingerprint density at radius 1 is 1.13 bits per heavy atom. The average Bonchev–Trinajstić information content (AvgIpc) is 3.51. The van der Waals surface area contributed by atoms with Crippen molar-refractivity contribution in [2.75, 3.05) is 24.7 Å². The van der Waals surface area contributed by atoms with E-state index in [-0.39, 0.29) is 23.4 Å². The van der Waals surface area contributed by atoms with Crippen LogP contribution in [0.5, 0.6) is 0 Å². The summed E-state index contributed by atoms with van der Waals surface area (Å²) in [5.74, 6) is -0.0473. The van der Waals surface area contributed by atoms with Gasteiger partial charge in [0.15, 0.2) is 5.82 Å². The van der Waals surface area contributed by atoms with Crippen LogP contribution < -0.4 is 10.6 Å². The molecule has 1 aliphatic heterocycles. The number of fused-ring (bicyclic) bond motifs is 1. The van der Waals surface area contributed by atoms with E-state index in [0.717, 1.165) is 38.5 Å². The number of benzene rings is 1. The Balaban J connectivity index is 1.39. The summed E-state index contributed by atoms with van der Waals surface area (Å²) in [6.07, 6.45) is 11.3. The molecule has 3 heterocycles. The van der Waals surface area contributed by atoms with Crippen molar-refractivity contribution in [3.8, 4) is 0 Å². The first-order chi connectivity index (χ1) is 18.7. The van der Waals surface area contributed by atoms with Gasteiger partial charge < -0.3 is 20.1 Å². The van der Waals surface area contributed by atoms with E-state index in [4.69, 9.17) is 4.52 Å². The molecule has 2 fully saturated rings. The summed E-state index contributed by atoms with van der Waals surface area (Å²) >= 11 is 0. The quantitative estimate of drug-likeness (QED) is 0.383. The molecule has 1 aliphatic carbocycles. The van der Waals surface area contributed by atoms with Gasteiger partial charge in [0.2, 0.25) is 10.0 Å². The van der Waals surface area contributed by atoms with E-state index in [2.05, 4.69) is 25.8 Å². The Morgan fingerprint density at radius 3 is 2.46 bits per heavy atom. The average molecular weight is 561 g/mol. The predicted molar refractivity (Wildman–Crippen MR) is 146 cm³/mol. The van der Waals surface area contributed by atoms with Gasteiger partial charge in [0.1, 0.15) is 23.2 Å². The van der Waals surface area contributed by atoms with Crippen molar-refractivity contribution < 1.29 is 22.1 Å². The predicted octanol–water partition coefficient (Wildman–Crippen LogP) is 4.67. The van der Waals surface area contributed by atoms with Crippen molar-refractivity contribution in [1.29, 1.82) is 0 Å². The number of amides is 1. The third-order valence-corrected chi connectivity index (χ3v) is 9.39. The number of nitrogens with one attached hydrogen (secondary N) is 3. The largest absolute Gasteiger partial charge is 0.380 e. The van der Waals surface area contributed by atoms with Gasteiger partial charge in [-0.3, -0.25) is 4.79 Å². The van der Waals surface area contributed by atoms with Crippen molar-refractivity contribution >= 4 is 32.7 Å². The fourth-order valence-corrected chi connectivity index (χ4v) is 6.71. The normalized spacial score (nSPS) is 19.5. The summed E-state index contributed by atoms with van der Waals surface area (Å²) in [4.78, 5) is 21.1. The van der Waals surface area contributed by atoms with Gasteiger partial charge in [0.25, 0.3) is 5.91 Å². The molecule has 0 spiro atoms. The summed E-state index contributed by atoms with van der Waals surface area (Å²) in [5, 5.41) is 10.2. The fraction of sp³-hybridized carbons (Fsp3) is 0.593. The highest BCUT2D eigenvalue weighted by atomic mass is 32.2. The van der Waals surface area contributed by atoms with Crippen LogP contribution in [0.15, 0.2) is 22.9 Å². The van der Waals surface area contributed by atoms with E-state index >= 15 is 4.39 Å². The van der Waals surface area contributed by atoms with Crippen LogP contribution in [-0.4, -0.2) is 59.1 Å². The van der Waals surface area contributed by atoms with Gasteiger partial charge in [-0.25, -0.2) is 22.1 Å². The van der Waals surface area contributed by atoms with E-state index < -0.39 is 21.9 Å². The molecule has 1 saturated carbocycles. The molecular weight excluding hydrogens is 523 g/mol. The van der Waals surface area contributed by atoms with Gasteiger partial charge in [-0.2, -0.15) is 0 Å². The van der Waals surface area contributed by atoms with Crippen molar-refractivity contribution in [2.45, 2.75) is 76.8 Å². The molecule has 10 nitrogen and oxygen atoms in total. The molecule has 3 N–H and O–H groups in total. The third kappa shape index (κ3) is 6.27. The zero-order chi connectivity index (χ0) is 27.6. The van der Waals surface area contributed by atoms with Crippen molar-refractivity contribution in [1.82, 2.24) is 24.7 Å². The van der Waals surface area contributed by atoms with E-state index in [9.17, 15) is 13.2 Å². The number of hydrogen-bond acceptors (Lipinski definition) is 7. The number of sulfonamides is 1. The molecule has 39 heavy (non-hydrogen) atoms. The Labute approximate surface area is 228 Å². The second kappa shape index (κ2) is 11.6. The number of carbonyl (C=O) groups is 1. The van der Waals surface area contributed by atoms with Crippen LogP contribution in [0.3, 0.4) is 0 Å². The van der Waals surface area contributed by atoms with E-state index in [1.165, 1.54) is 23.2 Å². The summed E-state index contributed by atoms with van der Waals surface area (Å²) < 4.78 is 45.8. The molecule has 0 radical (unpaired) electrons. The van der Waals surface area contributed by atoms with Gasteiger partial charge in [0.05, 0.1) is 29.2 Å². The first-order valence-corrected chi connectivity index (χ1v) is 15.7. The zero-order valence-corrected chi connectivity index (χ0v) is 23.3. The minimum atomic E-state index is -3.23. The Hall–Kier alpha value is -2.99. The maximum Gasteiger partial charge on any atom is 0.257 e. The maximum atomic E-state index is 15.7. The second-order valence-corrected chi connectivity index (χ2v) is 12.9. The molecule has 1 atom stereocenters. The van der Waals surface area contributed by atoms with Gasteiger partial charge >= 0.3 is 0 Å². The van der Waals surface area contributed by atoms with Crippen LogP contribution in [0.2, 0.25) is 0 Å². The summed E-state index contributed by atoms with van der Waals surface area (Å²) in [6, 6.07) is 3.03. The minimum Gasteiger partial charge on any atom is -0.380 e. The SMILES string of the molecule is Cc1nocc1C(=O)NC(c1nc2c(F)c(NC3CCN(S(C)(=O)=O)CC3)ccc2[nH]1)C1CCCCCCC1. The van der Waals surface area contributed by atoms with Gasteiger partial charge in [0, 0.05) is 19.1 Å². The molecular formula is C27H37FN6O4S. The molecule has 1 saturated heterocycles. The van der Waals surface area contributed by atoms with Crippen LogP contribution in [-0.2, 0) is 10.0 Å². The first-order valence-electron chi connectivity index (χ1n) is 13.8. The second-order valence-electron chi connectivity index (χ2n) is 10.9. The number of rotatable bonds is 7. The molecule has 212 valence electrons. The van der Waals surface area contributed by atoms with Crippen molar-refractivity contribution in [2.24, 2.45) is 5.92 Å². The Morgan fingerprint density at radius 2 is 1.82 bits per heavy atom. The van der Waals surface area contributed by atoms with Crippen LogP contribution in [0.25, 0.3) is 11.0 Å². The molecule has 12 heteroatoms. The van der Waals surface area contributed by atoms with Gasteiger partial charge in [-0.1, -0.05) is 37.3 Å². The molecule has 2 aliphatic rings. The summed E-state index contributed by atoms with van der Waals surface area (Å²) in [7, 11) is -3.23. The van der Waals surface area contributed by atoms with E-state index in [1.807, 2.05) is 0 Å². The topological polar surface area (TPSA) is 133 Å². The summed E-state index contributed by atoms with van der Waals surface area (Å²) in [6.45, 7) is 2.53. The molecule has 2 aromatic heterocycles. The Bertz CT molecular complexity index is 1400. The van der Waals surface area contributed by atoms with Crippen LogP contribution in [0, 0.1) is 18.7 Å². The lowest BCUT2D eigenvalue weighted by Gasteiger charge is -2.31. The summed E-state index contributed by atoms with van der Waals surface area (Å²) in [5.41, 5.74) is 2.00. The lowest BCUT2D eigenvalue weighted by molar-refractivity contribution is 0.0911. The lowest BCUT2D eigenvalue weighted by Crippen LogP contribution is -2.41.